The molecule has 3 aromatic rings. The quantitative estimate of drug-likeness (QED) is 0.622. The van der Waals surface area contributed by atoms with Gasteiger partial charge in [0, 0.05) is 57.0 Å². The van der Waals surface area contributed by atoms with Gasteiger partial charge < -0.3 is 19.9 Å². The van der Waals surface area contributed by atoms with Crippen LogP contribution < -0.4 is 25.4 Å². The number of carbonyl (C=O) groups excluding carboxylic acids is 1. The number of hydrogen-bond donors (Lipinski definition) is 2. The van der Waals surface area contributed by atoms with Gasteiger partial charge in [-0.15, -0.1) is 0 Å². The molecule has 1 amide bonds. The van der Waals surface area contributed by atoms with Crippen LogP contribution in [0.3, 0.4) is 0 Å². The van der Waals surface area contributed by atoms with Gasteiger partial charge in [-0.2, -0.15) is 0 Å². The maximum atomic E-state index is 12.5. The van der Waals surface area contributed by atoms with E-state index in [0.717, 1.165) is 30.1 Å². The number of aromatic nitrogens is 3. The van der Waals surface area contributed by atoms with Crippen molar-refractivity contribution in [2.24, 2.45) is 0 Å². The number of ether oxygens (including phenoxy) is 1. The molecule has 2 aromatic heterocycles. The summed E-state index contributed by atoms with van der Waals surface area (Å²) in [4.78, 5) is 40.1. The second-order valence-electron chi connectivity index (χ2n) is 7.16. The van der Waals surface area contributed by atoms with Gasteiger partial charge in [-0.1, -0.05) is 0 Å². The summed E-state index contributed by atoms with van der Waals surface area (Å²) in [5.74, 6) is 0.848. The molecule has 31 heavy (non-hydrogen) atoms. The number of anilines is 2. The molecule has 160 valence electrons. The van der Waals surface area contributed by atoms with Gasteiger partial charge in [0.2, 0.25) is 5.95 Å². The number of hydrogen-bond acceptors (Lipinski definition) is 7. The number of nitrogens with zero attached hydrogens (tertiary/aromatic N) is 4. The third-order valence-electron chi connectivity index (χ3n) is 5.25. The zero-order valence-electron chi connectivity index (χ0n) is 17.2. The Labute approximate surface area is 179 Å². The molecule has 0 radical (unpaired) electrons. The fourth-order valence-corrected chi connectivity index (χ4v) is 3.46. The summed E-state index contributed by atoms with van der Waals surface area (Å²) in [7, 11) is 1.65. The molecule has 0 saturated carbocycles. The Bertz CT molecular complexity index is 1080. The molecular formula is C22H24N6O3. The summed E-state index contributed by atoms with van der Waals surface area (Å²) in [6, 6.07) is 11.6. The van der Waals surface area contributed by atoms with Gasteiger partial charge in [0.15, 0.2) is 0 Å². The number of benzene rings is 1. The van der Waals surface area contributed by atoms with Crippen molar-refractivity contribution >= 4 is 17.5 Å². The lowest BCUT2D eigenvalue weighted by atomic mass is 10.2. The highest BCUT2D eigenvalue weighted by atomic mass is 16.5. The van der Waals surface area contributed by atoms with E-state index in [0.29, 0.717) is 25.6 Å². The molecule has 0 bridgehead atoms. The number of methoxy groups -OCH3 is 1. The molecule has 0 unspecified atom stereocenters. The Morgan fingerprint density at radius 2 is 1.74 bits per heavy atom. The molecule has 3 heterocycles. The Balaban J connectivity index is 1.36. The molecule has 9 nitrogen and oxygen atoms in total. The molecule has 0 spiro atoms. The van der Waals surface area contributed by atoms with Crippen molar-refractivity contribution in [1.29, 1.82) is 0 Å². The number of aromatic amines is 1. The van der Waals surface area contributed by atoms with Gasteiger partial charge in [0.25, 0.3) is 11.5 Å². The van der Waals surface area contributed by atoms with Crippen LogP contribution in [0.4, 0.5) is 11.6 Å². The Morgan fingerprint density at radius 1 is 1.06 bits per heavy atom. The zero-order valence-corrected chi connectivity index (χ0v) is 17.2. The van der Waals surface area contributed by atoms with E-state index in [9.17, 15) is 9.59 Å². The second kappa shape index (κ2) is 9.29. The molecule has 1 fully saturated rings. The molecule has 1 aliphatic rings. The van der Waals surface area contributed by atoms with Crippen LogP contribution in [-0.2, 0) is 6.54 Å². The molecule has 1 saturated heterocycles. The Morgan fingerprint density at radius 3 is 2.39 bits per heavy atom. The smallest absolute Gasteiger partial charge is 0.265 e. The maximum Gasteiger partial charge on any atom is 0.265 e. The van der Waals surface area contributed by atoms with Crippen molar-refractivity contribution in [3.63, 3.8) is 0 Å². The van der Waals surface area contributed by atoms with Crippen molar-refractivity contribution < 1.29 is 9.53 Å². The highest BCUT2D eigenvalue weighted by Crippen LogP contribution is 2.21. The van der Waals surface area contributed by atoms with Gasteiger partial charge in [-0.25, -0.2) is 4.98 Å². The third-order valence-corrected chi connectivity index (χ3v) is 5.25. The van der Waals surface area contributed by atoms with Crippen LogP contribution in [0.2, 0.25) is 0 Å². The van der Waals surface area contributed by atoms with Crippen LogP contribution in [0, 0.1) is 0 Å². The van der Waals surface area contributed by atoms with Crippen molar-refractivity contribution in [3.8, 4) is 5.75 Å². The molecule has 4 rings (SSSR count). The van der Waals surface area contributed by atoms with Crippen molar-refractivity contribution in [1.82, 2.24) is 20.3 Å². The van der Waals surface area contributed by atoms with E-state index in [1.54, 1.807) is 31.6 Å². The monoisotopic (exact) mass is 420 g/mol. The largest absolute Gasteiger partial charge is 0.497 e. The first kappa shape index (κ1) is 20.4. The van der Waals surface area contributed by atoms with Crippen LogP contribution in [-0.4, -0.2) is 54.1 Å². The van der Waals surface area contributed by atoms with Gasteiger partial charge in [0.1, 0.15) is 11.3 Å². The van der Waals surface area contributed by atoms with Gasteiger partial charge in [0.05, 0.1) is 7.11 Å². The lowest BCUT2D eigenvalue weighted by molar-refractivity contribution is 0.0949. The second-order valence-corrected chi connectivity index (χ2v) is 7.16. The molecular weight excluding hydrogens is 396 g/mol. The number of H-pyrrole nitrogens is 1. The van der Waals surface area contributed by atoms with Gasteiger partial charge >= 0.3 is 0 Å². The van der Waals surface area contributed by atoms with Crippen molar-refractivity contribution in [2.75, 3.05) is 43.1 Å². The number of nitrogens with one attached hydrogen (secondary N) is 2. The summed E-state index contributed by atoms with van der Waals surface area (Å²) < 4.78 is 5.21. The van der Waals surface area contributed by atoms with E-state index in [1.807, 2.05) is 29.2 Å². The Kier molecular flexibility index (Phi) is 6.11. The summed E-state index contributed by atoms with van der Waals surface area (Å²) in [5, 5.41) is 2.73. The normalized spacial score (nSPS) is 13.7. The standard InChI is InChI=1S/C22H24N6O3/c1-31-18-4-2-17(3-5-18)27-10-12-28(13-11-27)22-25-15-19(21(30)26-22)20(29)24-14-16-6-8-23-9-7-16/h2-9,15H,10-14H2,1H3,(H,24,29)(H,25,26,30). The van der Waals surface area contributed by atoms with E-state index in [-0.39, 0.29) is 5.56 Å². The highest BCUT2D eigenvalue weighted by molar-refractivity contribution is 5.93. The van der Waals surface area contributed by atoms with Gasteiger partial charge in [-0.05, 0) is 42.0 Å². The molecule has 0 atom stereocenters. The summed E-state index contributed by atoms with van der Waals surface area (Å²) >= 11 is 0. The minimum Gasteiger partial charge on any atom is -0.497 e. The first-order valence-corrected chi connectivity index (χ1v) is 10.0. The van der Waals surface area contributed by atoms with E-state index < -0.39 is 11.5 Å². The number of piperazine rings is 1. The van der Waals surface area contributed by atoms with Gasteiger partial charge in [-0.3, -0.25) is 19.6 Å². The summed E-state index contributed by atoms with van der Waals surface area (Å²) in [5.41, 5.74) is 1.58. The predicted molar refractivity (Wildman–Crippen MR) is 118 cm³/mol. The number of carbonyl (C=O) groups is 1. The minimum atomic E-state index is -0.457. The van der Waals surface area contributed by atoms with E-state index >= 15 is 0 Å². The van der Waals surface area contributed by atoms with Crippen LogP contribution >= 0.6 is 0 Å². The average molecular weight is 420 g/mol. The highest BCUT2D eigenvalue weighted by Gasteiger charge is 2.20. The van der Waals surface area contributed by atoms with Crippen molar-refractivity contribution in [3.05, 3.63) is 76.5 Å². The average Bonchev–Trinajstić information content (AvgIpc) is 2.83. The number of pyridine rings is 1. The molecule has 1 aliphatic heterocycles. The van der Waals surface area contributed by atoms with Crippen LogP contribution in [0.25, 0.3) is 0 Å². The minimum absolute atomic E-state index is 0.00493. The van der Waals surface area contributed by atoms with E-state index in [1.165, 1.54) is 6.20 Å². The van der Waals surface area contributed by atoms with Crippen molar-refractivity contribution in [2.45, 2.75) is 6.54 Å². The van der Waals surface area contributed by atoms with E-state index in [4.69, 9.17) is 4.74 Å². The SMILES string of the molecule is COc1ccc(N2CCN(c3ncc(C(=O)NCc4ccncc4)c(=O)[nH]3)CC2)cc1. The molecule has 0 aliphatic carbocycles. The first-order chi connectivity index (χ1) is 15.1. The number of amides is 1. The fraction of sp³-hybridized carbons (Fsp3) is 0.273. The van der Waals surface area contributed by atoms with E-state index in [2.05, 4.69) is 25.2 Å². The number of rotatable bonds is 6. The molecule has 9 heteroatoms. The summed E-state index contributed by atoms with van der Waals surface area (Å²) in [6.45, 7) is 3.33. The van der Waals surface area contributed by atoms with Crippen LogP contribution in [0.5, 0.6) is 5.75 Å². The maximum absolute atomic E-state index is 12.5. The summed E-state index contributed by atoms with van der Waals surface area (Å²) in [6.07, 6.45) is 4.64. The topological polar surface area (TPSA) is 103 Å². The van der Waals surface area contributed by atoms with Crippen LogP contribution in [0.15, 0.2) is 59.8 Å². The Hall–Kier alpha value is -3.88. The van der Waals surface area contributed by atoms with Crippen LogP contribution in [0.1, 0.15) is 15.9 Å². The lowest BCUT2D eigenvalue weighted by Gasteiger charge is -2.36. The molecule has 1 aromatic carbocycles. The zero-order chi connectivity index (χ0) is 21.6. The lowest BCUT2D eigenvalue weighted by Crippen LogP contribution is -2.47. The molecule has 2 N–H and O–H groups in total. The predicted octanol–water partition coefficient (Wildman–Crippen LogP) is 1.43. The fourth-order valence-electron chi connectivity index (χ4n) is 3.46. The first-order valence-electron chi connectivity index (χ1n) is 10.0. The third kappa shape index (κ3) is 4.82.